The topological polar surface area (TPSA) is 88.1 Å². The van der Waals surface area contributed by atoms with Gasteiger partial charge in [0.05, 0.1) is 36.8 Å². The summed E-state index contributed by atoms with van der Waals surface area (Å²) in [4.78, 5) is 29.1. The number of allylic oxidation sites excluding steroid dienone is 1. The van der Waals surface area contributed by atoms with Gasteiger partial charge in [-0.3, -0.25) is 14.5 Å². The lowest BCUT2D eigenvalue weighted by atomic mass is 9.69. The van der Waals surface area contributed by atoms with Gasteiger partial charge in [0.2, 0.25) is 11.8 Å². The number of carbonyl (C=O) groups excluding carboxylic acids is 2. The number of benzene rings is 3. The Morgan fingerprint density at radius 1 is 0.977 bits per heavy atom. The van der Waals surface area contributed by atoms with Gasteiger partial charge >= 0.3 is 0 Å². The first-order valence-corrected chi connectivity index (χ1v) is 15.1. The molecule has 4 atom stereocenters. The Kier molecular flexibility index (Phi) is 8.45. The maximum atomic E-state index is 13.9. The average Bonchev–Trinajstić information content (AvgIpc) is 3.55. The number of aromatic hydroxyl groups is 1. The summed E-state index contributed by atoms with van der Waals surface area (Å²) >= 11 is 0. The summed E-state index contributed by atoms with van der Waals surface area (Å²) < 4.78 is 12.0. The van der Waals surface area contributed by atoms with E-state index in [1.54, 1.807) is 19.2 Å². The maximum absolute atomic E-state index is 13.9. The van der Waals surface area contributed by atoms with Crippen LogP contribution in [0.3, 0.4) is 0 Å². The standard InChI is InChI=1S/C36H38N2O5/c1-3-23(19-24-9-16-29(39)17-10-24)11-18-32-33-25(21-42-2)20-30-34(31(33)22-43-32)36(41)38(35(30)40)28-14-12-27(13-15-28)37-26-7-5-4-6-8-26/h4-10,12-17,19,30-32,34,37,39H,3,11,18,20-22H2,1-2H3/b23-19+/t30-,31+,32-,34-/m1/s1. The summed E-state index contributed by atoms with van der Waals surface area (Å²) in [6.45, 7) is 3.01. The van der Waals surface area contributed by atoms with E-state index in [1.807, 2.05) is 66.7 Å². The highest BCUT2D eigenvalue weighted by atomic mass is 16.5. The molecule has 3 aromatic rings. The number of fused-ring (bicyclic) bond motifs is 3. The first-order valence-electron chi connectivity index (χ1n) is 15.1. The van der Waals surface area contributed by atoms with Gasteiger partial charge in [0.15, 0.2) is 0 Å². The van der Waals surface area contributed by atoms with Crippen molar-refractivity contribution in [3.8, 4) is 5.75 Å². The predicted molar refractivity (Wildman–Crippen MR) is 168 cm³/mol. The van der Waals surface area contributed by atoms with E-state index in [1.165, 1.54) is 10.5 Å². The zero-order valence-electron chi connectivity index (χ0n) is 24.7. The second-order valence-corrected chi connectivity index (χ2v) is 11.6. The number of para-hydroxylation sites is 1. The number of rotatable bonds is 10. The van der Waals surface area contributed by atoms with Crippen molar-refractivity contribution in [3.05, 3.63) is 101 Å². The van der Waals surface area contributed by atoms with E-state index in [2.05, 4.69) is 18.3 Å². The second kappa shape index (κ2) is 12.6. The van der Waals surface area contributed by atoms with Gasteiger partial charge in [-0.1, -0.05) is 48.9 Å². The SMILES string of the molecule is CC/C(=C\c1ccc(O)cc1)CC[C@H]1OC[C@H]2C1=C(COC)C[C@H]1C(=O)N(c3ccc(Nc4ccccc4)cc3)C(=O)[C@H]12. The van der Waals surface area contributed by atoms with E-state index in [9.17, 15) is 14.7 Å². The van der Waals surface area contributed by atoms with Gasteiger partial charge in [0, 0.05) is 24.4 Å². The zero-order valence-corrected chi connectivity index (χ0v) is 24.7. The molecular weight excluding hydrogens is 540 g/mol. The van der Waals surface area contributed by atoms with Crippen LogP contribution in [-0.2, 0) is 19.1 Å². The third kappa shape index (κ3) is 5.88. The summed E-state index contributed by atoms with van der Waals surface area (Å²) in [5, 5.41) is 13.0. The molecular formula is C36H38N2O5. The van der Waals surface area contributed by atoms with Crippen LogP contribution in [0.4, 0.5) is 17.1 Å². The van der Waals surface area contributed by atoms with Gasteiger partial charge in [-0.15, -0.1) is 0 Å². The minimum atomic E-state index is -0.423. The zero-order chi connectivity index (χ0) is 29.9. The van der Waals surface area contributed by atoms with E-state index >= 15 is 0 Å². The summed E-state index contributed by atoms with van der Waals surface area (Å²) in [7, 11) is 1.67. The Morgan fingerprint density at radius 2 is 1.70 bits per heavy atom. The number of phenolic OH excluding ortho intramolecular Hbond substituents is 1. The number of ether oxygens (including phenoxy) is 2. The van der Waals surface area contributed by atoms with E-state index in [0.29, 0.717) is 25.3 Å². The van der Waals surface area contributed by atoms with Gasteiger partial charge < -0.3 is 19.9 Å². The fourth-order valence-corrected chi connectivity index (χ4v) is 6.89. The molecule has 0 radical (unpaired) electrons. The number of phenols is 1. The number of imide groups is 1. The molecule has 2 saturated heterocycles. The van der Waals surface area contributed by atoms with Gasteiger partial charge in [0.1, 0.15) is 5.75 Å². The molecule has 0 saturated carbocycles. The van der Waals surface area contributed by atoms with Crippen molar-refractivity contribution in [1.29, 1.82) is 0 Å². The van der Waals surface area contributed by atoms with Crippen molar-refractivity contribution in [2.75, 3.05) is 30.5 Å². The average molecular weight is 579 g/mol. The highest BCUT2D eigenvalue weighted by molar-refractivity contribution is 6.22. The molecule has 0 unspecified atom stereocenters. The minimum absolute atomic E-state index is 0.105. The Balaban J connectivity index is 1.19. The van der Waals surface area contributed by atoms with Crippen LogP contribution < -0.4 is 10.2 Å². The number of carbonyl (C=O) groups is 2. The summed E-state index contributed by atoms with van der Waals surface area (Å²) in [5.74, 6) is -0.974. The first kappa shape index (κ1) is 28.9. The summed E-state index contributed by atoms with van der Waals surface area (Å²) in [5.41, 5.74) is 7.06. The number of nitrogens with one attached hydrogen (secondary N) is 1. The monoisotopic (exact) mass is 578 g/mol. The highest BCUT2D eigenvalue weighted by Gasteiger charge is 2.57. The van der Waals surface area contributed by atoms with Crippen LogP contribution >= 0.6 is 0 Å². The molecule has 2 fully saturated rings. The smallest absolute Gasteiger partial charge is 0.238 e. The van der Waals surface area contributed by atoms with E-state index in [0.717, 1.165) is 47.3 Å². The molecule has 2 heterocycles. The molecule has 2 aliphatic heterocycles. The molecule has 0 bridgehead atoms. The van der Waals surface area contributed by atoms with Gasteiger partial charge in [-0.05, 0) is 90.9 Å². The maximum Gasteiger partial charge on any atom is 0.238 e. The van der Waals surface area contributed by atoms with Crippen LogP contribution in [0, 0.1) is 17.8 Å². The fraction of sp³-hybridized carbons (Fsp3) is 0.333. The molecule has 0 spiro atoms. The molecule has 1 aliphatic carbocycles. The molecule has 7 heteroatoms. The number of hydrogen-bond donors (Lipinski definition) is 2. The van der Waals surface area contributed by atoms with Crippen LogP contribution in [0.2, 0.25) is 0 Å². The summed E-state index contributed by atoms with van der Waals surface area (Å²) in [6, 6.07) is 24.6. The summed E-state index contributed by atoms with van der Waals surface area (Å²) in [6.07, 6.45) is 5.15. The van der Waals surface area contributed by atoms with Crippen LogP contribution in [0.5, 0.6) is 5.75 Å². The Morgan fingerprint density at radius 3 is 2.40 bits per heavy atom. The van der Waals surface area contributed by atoms with Crippen LogP contribution in [-0.4, -0.2) is 43.3 Å². The fourth-order valence-electron chi connectivity index (χ4n) is 6.89. The lowest BCUT2D eigenvalue weighted by molar-refractivity contribution is -0.122. The molecule has 3 aromatic carbocycles. The van der Waals surface area contributed by atoms with Gasteiger partial charge in [-0.25, -0.2) is 0 Å². The normalized spacial score (nSPS) is 23.5. The number of amides is 2. The van der Waals surface area contributed by atoms with E-state index < -0.39 is 11.8 Å². The molecule has 2 N–H and O–H groups in total. The van der Waals surface area contributed by atoms with Crippen molar-refractivity contribution in [2.24, 2.45) is 17.8 Å². The number of methoxy groups -OCH3 is 1. The number of hydrogen-bond acceptors (Lipinski definition) is 6. The molecule has 222 valence electrons. The Labute approximate surface area is 252 Å². The predicted octanol–water partition coefficient (Wildman–Crippen LogP) is 6.88. The van der Waals surface area contributed by atoms with E-state index in [4.69, 9.17) is 9.47 Å². The van der Waals surface area contributed by atoms with E-state index in [-0.39, 0.29) is 29.6 Å². The highest BCUT2D eigenvalue weighted by Crippen LogP contribution is 2.50. The minimum Gasteiger partial charge on any atom is -0.508 e. The lowest BCUT2D eigenvalue weighted by Gasteiger charge is -2.31. The van der Waals surface area contributed by atoms with Gasteiger partial charge in [0.25, 0.3) is 0 Å². The largest absolute Gasteiger partial charge is 0.508 e. The second-order valence-electron chi connectivity index (χ2n) is 11.6. The van der Waals surface area contributed by atoms with Crippen LogP contribution in [0.1, 0.15) is 38.2 Å². The third-order valence-electron chi connectivity index (χ3n) is 8.96. The Bertz CT molecular complexity index is 1530. The lowest BCUT2D eigenvalue weighted by Crippen LogP contribution is -2.35. The molecule has 3 aliphatic rings. The van der Waals surface area contributed by atoms with Crippen LogP contribution in [0.25, 0.3) is 6.08 Å². The van der Waals surface area contributed by atoms with Crippen LogP contribution in [0.15, 0.2) is 95.6 Å². The number of anilines is 3. The molecule has 7 nitrogen and oxygen atoms in total. The molecule has 6 rings (SSSR count). The van der Waals surface area contributed by atoms with Gasteiger partial charge in [-0.2, -0.15) is 0 Å². The van der Waals surface area contributed by atoms with Crippen molar-refractivity contribution in [3.63, 3.8) is 0 Å². The molecule has 0 aromatic heterocycles. The molecule has 2 amide bonds. The molecule has 43 heavy (non-hydrogen) atoms. The van der Waals surface area contributed by atoms with Crippen molar-refractivity contribution < 1.29 is 24.2 Å². The Hall–Kier alpha value is -4.20. The van der Waals surface area contributed by atoms with Crippen molar-refractivity contribution >= 4 is 35.0 Å². The third-order valence-corrected chi connectivity index (χ3v) is 8.96. The van der Waals surface area contributed by atoms with Crippen molar-refractivity contribution in [1.82, 2.24) is 0 Å². The number of nitrogens with zero attached hydrogens (tertiary/aromatic N) is 1. The van der Waals surface area contributed by atoms with Crippen molar-refractivity contribution in [2.45, 2.75) is 38.7 Å². The first-order chi connectivity index (χ1) is 21.0. The quantitative estimate of drug-likeness (QED) is 0.202.